The van der Waals surface area contributed by atoms with Crippen LogP contribution in [0, 0.1) is 11.7 Å². The molecule has 1 atom stereocenters. The first-order valence-corrected chi connectivity index (χ1v) is 11.8. The molecule has 0 aliphatic carbocycles. The predicted molar refractivity (Wildman–Crippen MR) is 114 cm³/mol. The molecule has 2 aromatic carbocycles. The summed E-state index contributed by atoms with van der Waals surface area (Å²) in [5, 5.41) is 0.597. The lowest BCUT2D eigenvalue weighted by atomic mass is 10.0. The Labute approximate surface area is 176 Å². The smallest absolute Gasteiger partial charge is 0.242 e. The lowest BCUT2D eigenvalue weighted by Gasteiger charge is -2.31. The summed E-state index contributed by atoms with van der Waals surface area (Å²) < 4.78 is 41.2. The van der Waals surface area contributed by atoms with Crippen molar-refractivity contribution in [2.24, 2.45) is 5.92 Å². The normalized spacial score (nSPS) is 17.4. The number of hydrogen-bond acceptors (Lipinski definition) is 3. The number of fused-ring (bicyclic) bond motifs is 1. The molecule has 2 heterocycles. The van der Waals surface area contributed by atoms with Gasteiger partial charge in [0.2, 0.25) is 5.91 Å². The van der Waals surface area contributed by atoms with Crippen molar-refractivity contribution in [1.29, 1.82) is 0 Å². The van der Waals surface area contributed by atoms with Crippen molar-refractivity contribution < 1.29 is 17.6 Å². The molecule has 1 aromatic heterocycles. The molecule has 0 saturated carbocycles. The summed E-state index contributed by atoms with van der Waals surface area (Å²) in [7, 11) is -3.67. The van der Waals surface area contributed by atoms with Crippen molar-refractivity contribution in [3.63, 3.8) is 0 Å². The van der Waals surface area contributed by atoms with Crippen LogP contribution >= 0.6 is 0 Å². The number of piperidine rings is 1. The SMILES string of the molecule is CC1CCCN(C(=O)Cn2cc(S(=O)(=O)Cc3ccc(F)cc3)c3ccccc32)C1. The molecule has 1 saturated heterocycles. The predicted octanol–water partition coefficient (Wildman–Crippen LogP) is 4.01. The molecule has 1 unspecified atom stereocenters. The molecule has 4 rings (SSSR count). The van der Waals surface area contributed by atoms with E-state index in [0.29, 0.717) is 22.4 Å². The second kappa shape index (κ2) is 8.22. The number of carbonyl (C=O) groups is 1. The Bertz CT molecular complexity index is 1170. The van der Waals surface area contributed by atoms with Gasteiger partial charge in [-0.25, -0.2) is 12.8 Å². The van der Waals surface area contributed by atoms with E-state index < -0.39 is 15.7 Å². The van der Waals surface area contributed by atoms with Crippen LogP contribution in [-0.2, 0) is 26.9 Å². The highest BCUT2D eigenvalue weighted by Gasteiger charge is 2.25. The van der Waals surface area contributed by atoms with Crippen LogP contribution in [-0.4, -0.2) is 36.9 Å². The maximum Gasteiger partial charge on any atom is 0.242 e. The van der Waals surface area contributed by atoms with Crippen molar-refractivity contribution in [1.82, 2.24) is 9.47 Å². The number of aromatic nitrogens is 1. The molecule has 158 valence electrons. The summed E-state index contributed by atoms with van der Waals surface area (Å²) in [6.07, 6.45) is 3.69. The number of rotatable bonds is 5. The summed E-state index contributed by atoms with van der Waals surface area (Å²) in [5.74, 6) is -0.141. The lowest BCUT2D eigenvalue weighted by Crippen LogP contribution is -2.40. The molecule has 0 N–H and O–H groups in total. The van der Waals surface area contributed by atoms with Gasteiger partial charge in [0.25, 0.3) is 0 Å². The fourth-order valence-corrected chi connectivity index (χ4v) is 5.71. The van der Waals surface area contributed by atoms with Crippen molar-refractivity contribution in [3.8, 4) is 0 Å². The van der Waals surface area contributed by atoms with E-state index in [4.69, 9.17) is 0 Å². The van der Waals surface area contributed by atoms with Gasteiger partial charge in [-0.1, -0.05) is 37.3 Å². The quantitative estimate of drug-likeness (QED) is 0.617. The number of halogens is 1. The second-order valence-corrected chi connectivity index (χ2v) is 10.1. The Balaban J connectivity index is 1.65. The number of sulfone groups is 1. The number of nitrogens with zero attached hydrogens (tertiary/aromatic N) is 2. The molecule has 3 aromatic rings. The van der Waals surface area contributed by atoms with Gasteiger partial charge in [0.15, 0.2) is 9.84 Å². The second-order valence-electron chi connectivity index (χ2n) is 8.11. The Kier molecular flexibility index (Phi) is 5.64. The van der Waals surface area contributed by atoms with Gasteiger partial charge in [-0.2, -0.15) is 0 Å². The average molecular weight is 429 g/mol. The minimum atomic E-state index is -3.67. The highest BCUT2D eigenvalue weighted by molar-refractivity contribution is 7.90. The first-order valence-electron chi connectivity index (χ1n) is 10.2. The molecule has 0 radical (unpaired) electrons. The molecule has 5 nitrogen and oxygen atoms in total. The minimum absolute atomic E-state index is 0.00443. The van der Waals surface area contributed by atoms with E-state index in [1.807, 2.05) is 17.0 Å². The number of hydrogen-bond donors (Lipinski definition) is 0. The van der Waals surface area contributed by atoms with E-state index >= 15 is 0 Å². The summed E-state index contributed by atoms with van der Waals surface area (Å²) in [6.45, 7) is 3.75. The van der Waals surface area contributed by atoms with E-state index in [9.17, 15) is 17.6 Å². The fourth-order valence-electron chi connectivity index (χ4n) is 4.13. The Morgan fingerprint density at radius 3 is 2.60 bits per heavy atom. The van der Waals surface area contributed by atoms with Gasteiger partial charge in [-0.05, 0) is 42.5 Å². The zero-order valence-corrected chi connectivity index (χ0v) is 17.7. The summed E-state index contributed by atoms with van der Waals surface area (Å²) in [4.78, 5) is 14.9. The van der Waals surface area contributed by atoms with Gasteiger partial charge >= 0.3 is 0 Å². The third-order valence-corrected chi connectivity index (χ3v) is 7.38. The largest absolute Gasteiger partial charge is 0.341 e. The maximum absolute atomic E-state index is 13.2. The standard InChI is InChI=1S/C23H25FN2O3S/c1-17-5-4-12-25(13-17)23(27)15-26-14-22(20-6-2-3-7-21(20)26)30(28,29)16-18-8-10-19(24)11-9-18/h2-3,6-11,14,17H,4-5,12-13,15-16H2,1H3. The van der Waals surface area contributed by atoms with Gasteiger partial charge in [0, 0.05) is 30.2 Å². The van der Waals surface area contributed by atoms with E-state index in [1.54, 1.807) is 22.9 Å². The molecule has 30 heavy (non-hydrogen) atoms. The van der Waals surface area contributed by atoms with Crippen molar-refractivity contribution >= 4 is 26.6 Å². The Morgan fingerprint density at radius 2 is 1.87 bits per heavy atom. The van der Waals surface area contributed by atoms with E-state index in [2.05, 4.69) is 6.92 Å². The van der Waals surface area contributed by atoms with Gasteiger partial charge in [-0.3, -0.25) is 4.79 Å². The van der Waals surface area contributed by atoms with Crippen LogP contribution in [0.25, 0.3) is 10.9 Å². The van der Waals surface area contributed by atoms with Crippen molar-refractivity contribution in [2.45, 2.75) is 37.0 Å². The highest BCUT2D eigenvalue weighted by Crippen LogP contribution is 2.28. The molecule has 1 aliphatic rings. The van der Waals surface area contributed by atoms with Crippen LogP contribution in [0.15, 0.2) is 59.6 Å². The molecule has 1 aliphatic heterocycles. The Morgan fingerprint density at radius 1 is 1.13 bits per heavy atom. The monoisotopic (exact) mass is 428 g/mol. The van der Waals surface area contributed by atoms with E-state index in [-0.39, 0.29) is 23.1 Å². The molecular formula is C23H25FN2O3S. The van der Waals surface area contributed by atoms with Crippen LogP contribution in [0.5, 0.6) is 0 Å². The molecule has 1 amide bonds. The number of para-hydroxylation sites is 1. The number of likely N-dealkylation sites (tertiary alicyclic amines) is 1. The van der Waals surface area contributed by atoms with Crippen LogP contribution < -0.4 is 0 Å². The first-order chi connectivity index (χ1) is 14.3. The third kappa shape index (κ3) is 4.26. The molecule has 0 spiro atoms. The van der Waals surface area contributed by atoms with Gasteiger partial charge in [0.05, 0.1) is 10.6 Å². The Hall–Kier alpha value is -2.67. The number of carbonyl (C=O) groups excluding carboxylic acids is 1. The zero-order valence-electron chi connectivity index (χ0n) is 16.9. The number of benzene rings is 2. The van der Waals surface area contributed by atoms with Crippen molar-refractivity contribution in [3.05, 3.63) is 66.1 Å². The zero-order chi connectivity index (χ0) is 21.3. The van der Waals surface area contributed by atoms with Crippen LogP contribution in [0.2, 0.25) is 0 Å². The van der Waals surface area contributed by atoms with E-state index in [0.717, 1.165) is 25.9 Å². The van der Waals surface area contributed by atoms with Crippen LogP contribution in [0.3, 0.4) is 0 Å². The number of amides is 1. The van der Waals surface area contributed by atoms with Crippen molar-refractivity contribution in [2.75, 3.05) is 13.1 Å². The average Bonchev–Trinajstić information content (AvgIpc) is 3.09. The van der Waals surface area contributed by atoms with Gasteiger partial charge in [-0.15, -0.1) is 0 Å². The van der Waals surface area contributed by atoms with Gasteiger partial charge in [0.1, 0.15) is 12.4 Å². The lowest BCUT2D eigenvalue weighted by molar-refractivity contribution is -0.133. The topological polar surface area (TPSA) is 59.4 Å². The summed E-state index contributed by atoms with van der Waals surface area (Å²) in [6, 6.07) is 12.7. The summed E-state index contributed by atoms with van der Waals surface area (Å²) in [5.41, 5.74) is 1.24. The molecule has 1 fully saturated rings. The fraction of sp³-hybridized carbons (Fsp3) is 0.348. The molecule has 0 bridgehead atoms. The van der Waals surface area contributed by atoms with Gasteiger partial charge < -0.3 is 9.47 Å². The van der Waals surface area contributed by atoms with Crippen LogP contribution in [0.1, 0.15) is 25.3 Å². The highest BCUT2D eigenvalue weighted by atomic mass is 32.2. The molecular weight excluding hydrogens is 403 g/mol. The third-order valence-electron chi connectivity index (χ3n) is 5.67. The minimum Gasteiger partial charge on any atom is -0.341 e. The molecule has 7 heteroatoms. The first kappa shape index (κ1) is 20.6. The maximum atomic E-state index is 13.2. The summed E-state index contributed by atoms with van der Waals surface area (Å²) >= 11 is 0. The van der Waals surface area contributed by atoms with Crippen LogP contribution in [0.4, 0.5) is 4.39 Å². The van der Waals surface area contributed by atoms with E-state index in [1.165, 1.54) is 24.3 Å².